The van der Waals surface area contributed by atoms with Gasteiger partial charge in [-0.15, -0.1) is 0 Å². The first-order valence-electron chi connectivity index (χ1n) is 6.30. The van der Waals surface area contributed by atoms with E-state index in [1.54, 1.807) is 12.1 Å². The normalized spacial score (nSPS) is 10.4. The van der Waals surface area contributed by atoms with Crippen molar-refractivity contribution in [2.24, 2.45) is 5.73 Å². The number of amides is 1. The molecule has 0 aliphatic carbocycles. The number of carbonyl (C=O) groups is 1. The van der Waals surface area contributed by atoms with Crippen LogP contribution in [0.2, 0.25) is 0 Å². The second-order valence-corrected chi connectivity index (χ2v) is 4.53. The van der Waals surface area contributed by atoms with Crippen LogP contribution in [0.15, 0.2) is 42.5 Å². The molecule has 2 aromatic carbocycles. The summed E-state index contributed by atoms with van der Waals surface area (Å²) in [5.74, 6) is -0.626. The lowest BCUT2D eigenvalue weighted by atomic mass is 9.99. The van der Waals surface area contributed by atoms with Crippen LogP contribution in [0.25, 0.3) is 0 Å². The average Bonchev–Trinajstić information content (AvgIpc) is 2.41. The van der Waals surface area contributed by atoms with Crippen LogP contribution in [-0.4, -0.2) is 11.0 Å². The molecule has 0 heterocycles. The molecule has 0 atom stereocenters. The van der Waals surface area contributed by atoms with Crippen LogP contribution < -0.4 is 5.73 Å². The maximum atomic E-state index is 11.2. The first kappa shape index (κ1) is 13.1. The Kier molecular flexibility index (Phi) is 3.85. The molecule has 0 aromatic heterocycles. The van der Waals surface area contributed by atoms with Gasteiger partial charge in [-0.05, 0) is 29.2 Å². The van der Waals surface area contributed by atoms with E-state index >= 15 is 0 Å². The Morgan fingerprint density at radius 3 is 2.53 bits per heavy atom. The van der Waals surface area contributed by atoms with Gasteiger partial charge in [-0.2, -0.15) is 0 Å². The summed E-state index contributed by atoms with van der Waals surface area (Å²) in [6.07, 6.45) is 1.56. The predicted octanol–water partition coefficient (Wildman–Crippen LogP) is 2.64. The van der Waals surface area contributed by atoms with Gasteiger partial charge in [0.1, 0.15) is 5.75 Å². The predicted molar refractivity (Wildman–Crippen MR) is 75.3 cm³/mol. The number of phenols is 1. The summed E-state index contributed by atoms with van der Waals surface area (Å²) in [6, 6.07) is 13.3. The van der Waals surface area contributed by atoms with Crippen molar-refractivity contribution < 1.29 is 9.90 Å². The fourth-order valence-corrected chi connectivity index (χ4v) is 2.11. The molecule has 1 amide bonds. The van der Waals surface area contributed by atoms with Crippen LogP contribution in [-0.2, 0) is 12.8 Å². The minimum Gasteiger partial charge on any atom is -0.507 e. The minimum atomic E-state index is -0.610. The third-order valence-corrected chi connectivity index (χ3v) is 3.18. The van der Waals surface area contributed by atoms with Crippen molar-refractivity contribution in [3.8, 4) is 5.75 Å². The lowest BCUT2D eigenvalue weighted by Gasteiger charge is -2.08. The van der Waals surface area contributed by atoms with Crippen molar-refractivity contribution in [1.29, 1.82) is 0 Å². The topological polar surface area (TPSA) is 63.3 Å². The number of primary amides is 1. The van der Waals surface area contributed by atoms with E-state index in [2.05, 4.69) is 19.1 Å². The van der Waals surface area contributed by atoms with E-state index < -0.39 is 5.91 Å². The number of aromatic hydroxyl groups is 1. The number of hydrogen-bond acceptors (Lipinski definition) is 2. The molecule has 3 heteroatoms. The Morgan fingerprint density at radius 1 is 1.16 bits per heavy atom. The number of para-hydroxylation sites is 1. The van der Waals surface area contributed by atoms with Gasteiger partial charge in [0, 0.05) is 6.42 Å². The molecule has 3 N–H and O–H groups in total. The molecule has 98 valence electrons. The highest BCUT2D eigenvalue weighted by Gasteiger charge is 2.11. The van der Waals surface area contributed by atoms with Crippen LogP contribution in [0.4, 0.5) is 0 Å². The first-order valence-corrected chi connectivity index (χ1v) is 6.30. The van der Waals surface area contributed by atoms with E-state index in [1.165, 1.54) is 11.6 Å². The van der Waals surface area contributed by atoms with Crippen LogP contribution in [0.5, 0.6) is 5.75 Å². The summed E-state index contributed by atoms with van der Waals surface area (Å²) in [5.41, 5.74) is 8.47. The fourth-order valence-electron chi connectivity index (χ4n) is 2.11. The van der Waals surface area contributed by atoms with Crippen LogP contribution >= 0.6 is 0 Å². The number of aryl methyl sites for hydroxylation is 1. The van der Waals surface area contributed by atoms with Crippen LogP contribution in [0, 0.1) is 0 Å². The zero-order valence-electron chi connectivity index (χ0n) is 10.9. The quantitative estimate of drug-likeness (QED) is 0.882. The molecule has 2 rings (SSSR count). The van der Waals surface area contributed by atoms with Gasteiger partial charge in [-0.1, -0.05) is 43.3 Å². The lowest BCUT2D eigenvalue weighted by molar-refractivity contribution is 0.0997. The third kappa shape index (κ3) is 2.94. The second-order valence-electron chi connectivity index (χ2n) is 4.53. The van der Waals surface area contributed by atoms with E-state index in [1.807, 2.05) is 12.1 Å². The monoisotopic (exact) mass is 255 g/mol. The zero-order valence-corrected chi connectivity index (χ0v) is 10.9. The van der Waals surface area contributed by atoms with Crippen LogP contribution in [0.3, 0.4) is 0 Å². The summed E-state index contributed by atoms with van der Waals surface area (Å²) >= 11 is 0. The molecule has 0 aliphatic heterocycles. The van der Waals surface area contributed by atoms with Gasteiger partial charge in [0.25, 0.3) is 5.91 Å². The largest absolute Gasteiger partial charge is 0.507 e. The molecule has 2 aromatic rings. The Bertz CT molecular complexity index is 605. The summed E-state index contributed by atoms with van der Waals surface area (Å²) in [7, 11) is 0. The average molecular weight is 255 g/mol. The second kappa shape index (κ2) is 5.57. The molecule has 0 spiro atoms. The van der Waals surface area contributed by atoms with Crippen molar-refractivity contribution in [2.45, 2.75) is 19.8 Å². The van der Waals surface area contributed by atoms with Crippen molar-refractivity contribution in [2.75, 3.05) is 0 Å². The van der Waals surface area contributed by atoms with Gasteiger partial charge >= 0.3 is 0 Å². The summed E-state index contributed by atoms with van der Waals surface area (Å²) < 4.78 is 0. The highest BCUT2D eigenvalue weighted by atomic mass is 16.3. The maximum Gasteiger partial charge on any atom is 0.252 e. The van der Waals surface area contributed by atoms with Crippen LogP contribution in [0.1, 0.15) is 34.0 Å². The summed E-state index contributed by atoms with van der Waals surface area (Å²) in [4.78, 5) is 11.2. The van der Waals surface area contributed by atoms with Gasteiger partial charge in [0.15, 0.2) is 0 Å². The van der Waals surface area contributed by atoms with E-state index in [9.17, 15) is 9.90 Å². The Morgan fingerprint density at radius 2 is 1.84 bits per heavy atom. The molecular formula is C16H17NO2. The van der Waals surface area contributed by atoms with Gasteiger partial charge in [0.05, 0.1) is 5.56 Å². The smallest absolute Gasteiger partial charge is 0.252 e. The van der Waals surface area contributed by atoms with E-state index in [0.29, 0.717) is 12.0 Å². The van der Waals surface area contributed by atoms with Crippen molar-refractivity contribution in [1.82, 2.24) is 0 Å². The van der Waals surface area contributed by atoms with Gasteiger partial charge in [0.2, 0.25) is 0 Å². The first-order chi connectivity index (χ1) is 9.11. The van der Waals surface area contributed by atoms with Gasteiger partial charge in [-0.3, -0.25) is 4.79 Å². The molecule has 19 heavy (non-hydrogen) atoms. The summed E-state index contributed by atoms with van der Waals surface area (Å²) in [6.45, 7) is 2.10. The summed E-state index contributed by atoms with van der Waals surface area (Å²) in [5, 5.41) is 10.0. The van der Waals surface area contributed by atoms with Gasteiger partial charge in [-0.25, -0.2) is 0 Å². The number of nitrogens with two attached hydrogens (primary N) is 1. The molecule has 0 unspecified atom stereocenters. The maximum absolute atomic E-state index is 11.2. The molecule has 3 nitrogen and oxygen atoms in total. The van der Waals surface area contributed by atoms with Crippen molar-refractivity contribution in [3.63, 3.8) is 0 Å². The van der Waals surface area contributed by atoms with E-state index in [-0.39, 0.29) is 11.3 Å². The van der Waals surface area contributed by atoms with E-state index in [4.69, 9.17) is 5.73 Å². The highest BCUT2D eigenvalue weighted by Crippen LogP contribution is 2.24. The molecule has 0 aliphatic rings. The molecule has 0 saturated carbocycles. The molecular weight excluding hydrogens is 238 g/mol. The Labute approximate surface area is 112 Å². The number of hydrogen-bond donors (Lipinski definition) is 2. The third-order valence-electron chi connectivity index (χ3n) is 3.18. The fraction of sp³-hybridized carbons (Fsp3) is 0.188. The van der Waals surface area contributed by atoms with Crippen molar-refractivity contribution >= 4 is 5.91 Å². The highest BCUT2D eigenvalue weighted by molar-refractivity contribution is 5.95. The minimum absolute atomic E-state index is 0.0168. The van der Waals surface area contributed by atoms with Gasteiger partial charge < -0.3 is 10.8 Å². The van der Waals surface area contributed by atoms with Crippen molar-refractivity contribution in [3.05, 3.63) is 64.7 Å². The molecule has 0 fully saturated rings. The zero-order chi connectivity index (χ0) is 13.8. The number of benzene rings is 2. The lowest BCUT2D eigenvalue weighted by Crippen LogP contribution is -2.11. The van der Waals surface area contributed by atoms with E-state index in [0.717, 1.165) is 12.0 Å². The Hall–Kier alpha value is -2.29. The standard InChI is InChI=1S/C16H17NO2/c1-2-11-5-3-6-12(9-11)10-13-7-4-8-14(15(13)18)16(17)19/h3-9,18H,2,10H2,1H3,(H2,17,19). The number of rotatable bonds is 4. The number of carbonyl (C=O) groups excluding carboxylic acids is 1. The SMILES string of the molecule is CCc1cccc(Cc2cccc(C(N)=O)c2O)c1. The molecule has 0 saturated heterocycles. The Balaban J connectivity index is 2.33. The molecule has 0 radical (unpaired) electrons. The molecule has 0 bridgehead atoms.